The van der Waals surface area contributed by atoms with Gasteiger partial charge in [0.1, 0.15) is 0 Å². The summed E-state index contributed by atoms with van der Waals surface area (Å²) in [4.78, 5) is 16.8. The van der Waals surface area contributed by atoms with Crippen molar-refractivity contribution >= 4 is 21.0 Å². The van der Waals surface area contributed by atoms with Crippen molar-refractivity contribution in [1.82, 2.24) is 0 Å². The Morgan fingerprint density at radius 2 is 0.800 bits per heavy atom. The molecule has 0 atom stereocenters. The van der Waals surface area contributed by atoms with Crippen LogP contribution in [0.4, 0.5) is 0 Å². The SMILES string of the molecule is [O-][SiH3].[O-][SiH3].[Zn+2]. The van der Waals surface area contributed by atoms with Gasteiger partial charge in [0.2, 0.25) is 0 Å². The van der Waals surface area contributed by atoms with E-state index in [2.05, 4.69) is 0 Å². The Hall–Kier alpha value is 0.977. The largest absolute Gasteiger partial charge is 2.00 e. The first-order valence-corrected chi connectivity index (χ1v) is 2.45. The van der Waals surface area contributed by atoms with Gasteiger partial charge in [-0.05, 0) is 0 Å². The summed E-state index contributed by atoms with van der Waals surface area (Å²) in [6.45, 7) is 0. The average molecular weight is 160 g/mol. The first-order valence-electron chi connectivity index (χ1n) is 0.816. The zero-order chi connectivity index (χ0) is 4.00. The molecule has 0 N–H and O–H groups in total. The Labute approximate surface area is 50.4 Å². The first kappa shape index (κ1) is 16.7. The van der Waals surface area contributed by atoms with E-state index in [9.17, 15) is 0 Å². The molecule has 0 rings (SSSR count). The molecule has 0 aliphatic rings. The van der Waals surface area contributed by atoms with Crippen LogP contribution in [-0.2, 0) is 19.5 Å². The Morgan fingerprint density at radius 3 is 0.800 bits per heavy atom. The van der Waals surface area contributed by atoms with Crippen molar-refractivity contribution in [1.29, 1.82) is 0 Å². The van der Waals surface area contributed by atoms with E-state index in [1.807, 2.05) is 0 Å². The van der Waals surface area contributed by atoms with E-state index in [0.717, 1.165) is 0 Å². The van der Waals surface area contributed by atoms with E-state index in [-0.39, 0.29) is 40.4 Å². The molecule has 0 unspecified atom stereocenters. The van der Waals surface area contributed by atoms with Gasteiger partial charge in [0.15, 0.2) is 0 Å². The van der Waals surface area contributed by atoms with Crippen LogP contribution < -0.4 is 9.59 Å². The first-order chi connectivity index (χ1) is 2.00. The van der Waals surface area contributed by atoms with Gasteiger partial charge in [-0.15, -0.1) is 0 Å². The summed E-state index contributed by atoms with van der Waals surface area (Å²) < 4.78 is 0. The summed E-state index contributed by atoms with van der Waals surface area (Å²) in [6.07, 6.45) is 0. The normalized spacial score (nSPS) is 3.60. The zero-order valence-electron chi connectivity index (χ0n) is 3.52. The maximum atomic E-state index is 8.39. The molecule has 0 amide bonds. The summed E-state index contributed by atoms with van der Waals surface area (Å²) >= 11 is 0. The molecule has 5 heteroatoms. The number of rotatable bonds is 0. The predicted octanol–water partition coefficient (Wildman–Crippen LogP) is -4.75. The van der Waals surface area contributed by atoms with Gasteiger partial charge in [0.25, 0.3) is 0 Å². The van der Waals surface area contributed by atoms with Crippen LogP contribution in [-0.4, -0.2) is 21.0 Å². The Balaban J connectivity index is -0.0000000133. The predicted molar refractivity (Wildman–Crippen MR) is 19.9 cm³/mol. The van der Waals surface area contributed by atoms with Crippen molar-refractivity contribution in [2.75, 3.05) is 0 Å². The van der Waals surface area contributed by atoms with Gasteiger partial charge in [-0.2, -0.15) is 0 Å². The van der Waals surface area contributed by atoms with Crippen LogP contribution in [0, 0.1) is 0 Å². The van der Waals surface area contributed by atoms with Crippen LogP contribution in [0.25, 0.3) is 0 Å². The molecule has 0 spiro atoms. The molecule has 0 saturated carbocycles. The fraction of sp³-hybridized carbons (Fsp3) is 0. The van der Waals surface area contributed by atoms with E-state index in [0.29, 0.717) is 0 Å². The van der Waals surface area contributed by atoms with Crippen LogP contribution >= 0.6 is 0 Å². The van der Waals surface area contributed by atoms with E-state index < -0.39 is 0 Å². The van der Waals surface area contributed by atoms with E-state index in [1.54, 1.807) is 0 Å². The Bertz CT molecular complexity index is 7.61. The zero-order valence-corrected chi connectivity index (χ0v) is 10.5. The van der Waals surface area contributed by atoms with Crippen molar-refractivity contribution in [3.05, 3.63) is 0 Å². The maximum Gasteiger partial charge on any atom is 2.00 e. The molecule has 28 valence electrons. The van der Waals surface area contributed by atoms with Crippen molar-refractivity contribution in [3.63, 3.8) is 0 Å². The van der Waals surface area contributed by atoms with Crippen molar-refractivity contribution in [3.8, 4) is 0 Å². The molecule has 0 aromatic carbocycles. The molecule has 0 aliphatic carbocycles. The summed E-state index contributed by atoms with van der Waals surface area (Å²) in [7, 11) is 0.111. The molecule has 0 radical (unpaired) electrons. The van der Waals surface area contributed by atoms with Crippen molar-refractivity contribution < 1.29 is 29.1 Å². The van der Waals surface area contributed by atoms with Crippen molar-refractivity contribution in [2.45, 2.75) is 0 Å². The summed E-state index contributed by atoms with van der Waals surface area (Å²) in [6, 6.07) is 0. The molecule has 2 nitrogen and oxygen atoms in total. The number of hydrogen-bond donors (Lipinski definition) is 0. The van der Waals surface area contributed by atoms with Gasteiger partial charge >= 0.3 is 19.5 Å². The molecule has 0 saturated heterocycles. The summed E-state index contributed by atoms with van der Waals surface area (Å²) in [5.41, 5.74) is 0. The number of hydrogen-bond acceptors (Lipinski definition) is 2. The second-order valence-corrected chi connectivity index (χ2v) is 0. The third-order valence-corrected chi connectivity index (χ3v) is 0. The minimum Gasteiger partial charge on any atom is -0.865 e. The van der Waals surface area contributed by atoms with Crippen LogP contribution in [0.15, 0.2) is 0 Å². The topological polar surface area (TPSA) is 46.1 Å². The van der Waals surface area contributed by atoms with Gasteiger partial charge in [0, 0.05) is 0 Å². The Kier molecular flexibility index (Phi) is 275. The molecule has 0 heterocycles. The minimum absolute atomic E-state index is 0. The smallest absolute Gasteiger partial charge is 0.865 e. The van der Waals surface area contributed by atoms with Gasteiger partial charge < -0.3 is 9.59 Å². The second-order valence-electron chi connectivity index (χ2n) is 0. The molecule has 0 aromatic heterocycles. The van der Waals surface area contributed by atoms with E-state index in [4.69, 9.17) is 9.59 Å². The third kappa shape index (κ3) is 46.2. The summed E-state index contributed by atoms with van der Waals surface area (Å²) in [5.74, 6) is 0. The molecule has 0 fully saturated rings. The molecular formula is H6O2Si2Zn. The van der Waals surface area contributed by atoms with Gasteiger partial charge in [-0.25, -0.2) is 0 Å². The molecule has 0 aliphatic heterocycles. The molecular weight excluding hydrogens is 154 g/mol. The van der Waals surface area contributed by atoms with Crippen LogP contribution in [0.1, 0.15) is 0 Å². The van der Waals surface area contributed by atoms with Crippen LogP contribution in [0.3, 0.4) is 0 Å². The van der Waals surface area contributed by atoms with E-state index >= 15 is 0 Å². The summed E-state index contributed by atoms with van der Waals surface area (Å²) in [5, 5.41) is 0. The minimum atomic E-state index is 0. The second kappa shape index (κ2) is 82.5. The average Bonchev–Trinajstić information content (AvgIpc) is 1.50. The van der Waals surface area contributed by atoms with Crippen molar-refractivity contribution in [2.24, 2.45) is 0 Å². The quantitative estimate of drug-likeness (QED) is 0.334. The third-order valence-electron chi connectivity index (χ3n) is 0. The Morgan fingerprint density at radius 1 is 0.800 bits per heavy atom. The van der Waals surface area contributed by atoms with E-state index in [1.165, 1.54) is 0 Å². The molecule has 0 bridgehead atoms. The fourth-order valence-electron chi connectivity index (χ4n) is 0. The van der Waals surface area contributed by atoms with Crippen LogP contribution in [0.2, 0.25) is 0 Å². The van der Waals surface area contributed by atoms with Gasteiger partial charge in [-0.1, -0.05) is 21.0 Å². The molecule has 5 heavy (non-hydrogen) atoms. The maximum absolute atomic E-state index is 8.39. The monoisotopic (exact) mass is 158 g/mol. The van der Waals surface area contributed by atoms with Gasteiger partial charge in [-0.3, -0.25) is 0 Å². The van der Waals surface area contributed by atoms with Crippen LogP contribution in [0.5, 0.6) is 0 Å². The molecule has 0 aromatic rings. The fourth-order valence-corrected chi connectivity index (χ4v) is 0. The van der Waals surface area contributed by atoms with Gasteiger partial charge in [0.05, 0.1) is 0 Å². The standard InChI is InChI=1S/2H3OSi.Zn/c2*1-2;/h2*2H3;/q2*-1;+2.